The quantitative estimate of drug-likeness (QED) is 0.0211. The van der Waals surface area contributed by atoms with Gasteiger partial charge in [-0.3, -0.25) is 43.4 Å². The molecule has 0 aliphatic carbocycles. The van der Waals surface area contributed by atoms with Crippen LogP contribution in [0.5, 0.6) is 0 Å². The highest BCUT2D eigenvalue weighted by Crippen LogP contribution is 2.27. The van der Waals surface area contributed by atoms with Crippen molar-refractivity contribution in [2.75, 3.05) is 151 Å². The lowest BCUT2D eigenvalue weighted by atomic mass is 9.96. The number of hydrogen-bond acceptors (Lipinski definition) is 25. The van der Waals surface area contributed by atoms with E-state index in [-0.39, 0.29) is 114 Å². The van der Waals surface area contributed by atoms with Crippen molar-refractivity contribution < 1.29 is 101 Å². The second-order valence-electron chi connectivity index (χ2n) is 18.5. The van der Waals surface area contributed by atoms with Crippen molar-refractivity contribution in [3.63, 3.8) is 0 Å². The van der Waals surface area contributed by atoms with Crippen LogP contribution in [0.25, 0.3) is 0 Å². The number of likely N-dealkylation sites (tertiary alicyclic amines) is 2. The molecule has 0 radical (unpaired) electrons. The number of nitrogens with one attached hydrogen (secondary N) is 6. The predicted molar refractivity (Wildman–Crippen MR) is 256 cm³/mol. The van der Waals surface area contributed by atoms with E-state index in [1.54, 1.807) is 0 Å². The number of hydrogen-bond donors (Lipinski definition) is 10. The lowest BCUT2D eigenvalue weighted by Gasteiger charge is -2.44. The fraction of sp³-hybridized carbons (Fsp3) is 0.844. The van der Waals surface area contributed by atoms with Crippen LogP contribution in [0.2, 0.25) is 0 Å². The monoisotopic (exact) mass is 1090 g/mol. The molecule has 0 spiro atoms. The summed E-state index contributed by atoms with van der Waals surface area (Å²) in [6.45, 7) is 6.02. The Labute approximate surface area is 437 Å². The highest BCUT2D eigenvalue weighted by Gasteiger charge is 2.49. The SMILES string of the molecule is CC(=O)CSC1CC(=O)N(CCN2CC(NCCOCCOCCOCC(=O)NCC3OC4OCC(=O)N[C@@H]4[C@@H](O)[C@H]3O)C(NCCOCCOCCOCC(=O)NCC3OC4OCC(=O)N[C@@H]4[C@@H](O)[C@H]3O)C2)C1=O. The maximum Gasteiger partial charge on any atom is 0.246 e. The third kappa shape index (κ3) is 19.3. The molecule has 426 valence electrons. The average molecular weight is 1100 g/mol. The number of ether oxygens (including phenoxy) is 10. The van der Waals surface area contributed by atoms with Gasteiger partial charge in [0.25, 0.3) is 0 Å². The first-order valence-corrected chi connectivity index (χ1v) is 26.2. The number of nitrogens with zero attached hydrogens (tertiary/aromatic N) is 2. The Kier molecular flexibility index (Phi) is 25.6. The molecule has 29 nitrogen and oxygen atoms in total. The largest absolute Gasteiger partial charge is 0.388 e. The molecule has 0 saturated carbocycles. The van der Waals surface area contributed by atoms with Crippen LogP contribution in [0.3, 0.4) is 0 Å². The first-order chi connectivity index (χ1) is 36.2. The maximum absolute atomic E-state index is 13.0. The van der Waals surface area contributed by atoms with Gasteiger partial charge in [-0.2, -0.15) is 0 Å². The summed E-state index contributed by atoms with van der Waals surface area (Å²) in [7, 11) is 0. The number of ketones is 1. The molecule has 6 amide bonds. The number of amides is 6. The Morgan fingerprint density at radius 2 is 1.07 bits per heavy atom. The Bertz CT molecular complexity index is 1770. The Balaban J connectivity index is 0.789. The van der Waals surface area contributed by atoms with Crippen molar-refractivity contribution in [3.8, 4) is 0 Å². The van der Waals surface area contributed by atoms with Crippen molar-refractivity contribution in [2.24, 2.45) is 0 Å². The smallest absolute Gasteiger partial charge is 0.246 e. The number of aliphatic hydroxyl groups is 4. The van der Waals surface area contributed by atoms with Crippen LogP contribution in [0.4, 0.5) is 0 Å². The molecule has 6 aliphatic rings. The average Bonchev–Trinajstić information content (AvgIpc) is 3.91. The van der Waals surface area contributed by atoms with Gasteiger partial charge in [0.15, 0.2) is 12.6 Å². The van der Waals surface area contributed by atoms with Gasteiger partial charge in [-0.25, -0.2) is 0 Å². The van der Waals surface area contributed by atoms with Crippen molar-refractivity contribution in [1.29, 1.82) is 0 Å². The van der Waals surface area contributed by atoms with Gasteiger partial charge in [0.2, 0.25) is 35.4 Å². The van der Waals surface area contributed by atoms with Gasteiger partial charge in [-0.1, -0.05) is 0 Å². The Hall–Kier alpha value is -3.64. The molecule has 0 bridgehead atoms. The number of thioether (sulfide) groups is 1. The molecule has 75 heavy (non-hydrogen) atoms. The molecule has 6 fully saturated rings. The molecule has 6 rings (SSSR count). The lowest BCUT2D eigenvalue weighted by molar-refractivity contribution is -0.271. The normalized spacial score (nSPS) is 30.9. The van der Waals surface area contributed by atoms with Crippen molar-refractivity contribution in [2.45, 2.75) is 92.0 Å². The lowest BCUT2D eigenvalue weighted by Crippen LogP contribution is -2.68. The van der Waals surface area contributed by atoms with Gasteiger partial charge in [0.05, 0.1) is 77.1 Å². The van der Waals surface area contributed by atoms with Crippen LogP contribution < -0.4 is 31.9 Å². The molecule has 6 heterocycles. The first-order valence-electron chi connectivity index (χ1n) is 25.2. The van der Waals surface area contributed by atoms with Crippen LogP contribution in [0.15, 0.2) is 0 Å². The van der Waals surface area contributed by atoms with E-state index < -0.39 is 90.2 Å². The number of fused-ring (bicyclic) bond motifs is 2. The molecule has 7 unspecified atom stereocenters. The second-order valence-corrected chi connectivity index (χ2v) is 19.7. The summed E-state index contributed by atoms with van der Waals surface area (Å²) < 4.78 is 55.2. The fourth-order valence-corrected chi connectivity index (χ4v) is 9.86. The summed E-state index contributed by atoms with van der Waals surface area (Å²) in [5.41, 5.74) is 0. The van der Waals surface area contributed by atoms with Crippen LogP contribution in [0, 0.1) is 0 Å². The highest BCUT2D eigenvalue weighted by atomic mass is 32.2. The summed E-state index contributed by atoms with van der Waals surface area (Å²) in [4.78, 5) is 88.3. The fourth-order valence-electron chi connectivity index (χ4n) is 8.89. The zero-order valence-corrected chi connectivity index (χ0v) is 42.8. The number of carbonyl (C=O) groups excluding carboxylic acids is 7. The third-order valence-corrected chi connectivity index (χ3v) is 14.1. The molecular formula is C45H74N8O21S. The molecule has 6 saturated heterocycles. The number of carbonyl (C=O) groups is 7. The van der Waals surface area contributed by atoms with Crippen molar-refractivity contribution in [3.05, 3.63) is 0 Å². The van der Waals surface area contributed by atoms with E-state index in [1.807, 2.05) is 0 Å². The molecule has 0 aromatic rings. The molecule has 0 aromatic carbocycles. The van der Waals surface area contributed by atoms with E-state index in [0.717, 1.165) is 0 Å². The van der Waals surface area contributed by atoms with E-state index in [1.165, 1.54) is 23.6 Å². The minimum atomic E-state index is -1.36. The van der Waals surface area contributed by atoms with E-state index in [9.17, 15) is 54.0 Å². The minimum Gasteiger partial charge on any atom is -0.388 e. The van der Waals surface area contributed by atoms with E-state index in [2.05, 4.69) is 36.8 Å². The summed E-state index contributed by atoms with van der Waals surface area (Å²) in [6.07, 6.45) is -9.13. The highest BCUT2D eigenvalue weighted by molar-refractivity contribution is 8.01. The molecule has 13 atom stereocenters. The zero-order valence-electron chi connectivity index (χ0n) is 42.0. The van der Waals surface area contributed by atoms with Crippen molar-refractivity contribution in [1.82, 2.24) is 41.7 Å². The molecule has 10 N–H and O–H groups in total. The van der Waals surface area contributed by atoms with Crippen LogP contribution in [0.1, 0.15) is 13.3 Å². The number of Topliss-reactive ketones (excluding diaryl/α,β-unsaturated/α-hetero) is 1. The van der Waals surface area contributed by atoms with Crippen LogP contribution >= 0.6 is 11.8 Å². The summed E-state index contributed by atoms with van der Waals surface area (Å²) in [5, 5.41) is 58.2. The van der Waals surface area contributed by atoms with E-state index >= 15 is 0 Å². The van der Waals surface area contributed by atoms with Gasteiger partial charge < -0.3 is 99.7 Å². The van der Waals surface area contributed by atoms with Gasteiger partial charge in [0, 0.05) is 70.9 Å². The third-order valence-electron chi connectivity index (χ3n) is 12.8. The number of imide groups is 1. The Morgan fingerprint density at radius 3 is 1.52 bits per heavy atom. The van der Waals surface area contributed by atoms with Gasteiger partial charge in [-0.15, -0.1) is 11.8 Å². The summed E-state index contributed by atoms with van der Waals surface area (Å²) in [6, 6.07) is -1.82. The van der Waals surface area contributed by atoms with Crippen LogP contribution in [-0.2, 0) is 80.9 Å². The van der Waals surface area contributed by atoms with Gasteiger partial charge in [0.1, 0.15) is 80.9 Å². The summed E-state index contributed by atoms with van der Waals surface area (Å²) >= 11 is 1.20. The zero-order chi connectivity index (χ0) is 53.7. The number of morpholine rings is 2. The Morgan fingerprint density at radius 1 is 0.627 bits per heavy atom. The van der Waals surface area contributed by atoms with E-state index in [0.29, 0.717) is 72.4 Å². The molecule has 6 aliphatic heterocycles. The topological polar surface area (TPSA) is 371 Å². The summed E-state index contributed by atoms with van der Waals surface area (Å²) in [5.74, 6) is -2.17. The number of aliphatic hydroxyl groups excluding tert-OH is 4. The van der Waals surface area contributed by atoms with Gasteiger partial charge >= 0.3 is 0 Å². The first kappa shape index (κ1) is 60.6. The maximum atomic E-state index is 13.0. The molecule has 0 aromatic heterocycles. The predicted octanol–water partition coefficient (Wildman–Crippen LogP) is -8.08. The minimum absolute atomic E-state index is 0.00689. The van der Waals surface area contributed by atoms with Gasteiger partial charge in [-0.05, 0) is 6.92 Å². The molecular weight excluding hydrogens is 1020 g/mol. The standard InChI is InChI=1S/C45H74N8O21S/c1-26(54)25-75-31-16-36(59)53(43(31)64)5-4-52-19-27(46-2-6-65-8-10-67-12-14-69-21-32(55)48-17-29-39(60)41(62)37-44(73-29)71-23-34(57)50-37)28(20-52)47-3-7-66-9-11-68-13-15-70-22-33(56)49-18-30-40(61)42(63)38-45(74-30)72-24-35(58)51-38/h27-31,37-42,44-47,60-63H,2-25H2,1H3,(H,48,55)(H,49,56)(H,50,57)(H,51,58)/t27?,28?,29?,30?,31?,37-,38-,39+,40+,41-,42-,44?,45?/m1/s1. The number of rotatable bonds is 34. The van der Waals surface area contributed by atoms with Crippen LogP contribution in [-0.4, -0.2) is 301 Å². The van der Waals surface area contributed by atoms with Crippen molar-refractivity contribution >= 4 is 53.0 Å². The van der Waals surface area contributed by atoms with E-state index in [4.69, 9.17) is 47.4 Å². The molecule has 30 heteroatoms. The second kappa shape index (κ2) is 31.7.